The molecule has 0 aromatic heterocycles. The molecule has 0 amide bonds. The van der Waals surface area contributed by atoms with Gasteiger partial charge in [-0.2, -0.15) is 0 Å². The zero-order valence-corrected chi connectivity index (χ0v) is 13.3. The number of carbonyl (C=O) groups is 2. The maximum absolute atomic E-state index is 11.2. The summed E-state index contributed by atoms with van der Waals surface area (Å²) in [7, 11) is 1.29. The van der Waals surface area contributed by atoms with E-state index in [4.69, 9.17) is 14.0 Å². The van der Waals surface area contributed by atoms with Gasteiger partial charge in [0.15, 0.2) is 0 Å². The smallest absolute Gasteiger partial charge is 0.316 e. The standard InChI is InChI=1S/C11H17O3.3CO.Co/c1-7(2)8(3)6-10(9(4)12)11(13)14-5;3*1-2;/h10H,1,6H2,2-5H3;;;;. The molecule has 0 aliphatic heterocycles. The SMILES string of the molecule is [C-]#[O+].[C-]#[O+].[C-]#[O+].[CH2][C](C)[C](C)CC(C(C)=O)C(=O)OC.[Co]. The second-order valence-corrected chi connectivity index (χ2v) is 3.45. The van der Waals surface area contributed by atoms with Crippen LogP contribution in [0.1, 0.15) is 27.2 Å². The molecule has 0 saturated heterocycles. The van der Waals surface area contributed by atoms with E-state index in [0.717, 1.165) is 11.8 Å². The van der Waals surface area contributed by atoms with Crippen LogP contribution in [0.2, 0.25) is 0 Å². The third-order valence-corrected chi connectivity index (χ3v) is 2.22. The Hall–Kier alpha value is -1.13. The minimum Gasteiger partial charge on any atom is -0.468 e. The predicted octanol–water partition coefficient (Wildman–Crippen LogP) is 1.66. The molecule has 118 valence electrons. The van der Waals surface area contributed by atoms with Gasteiger partial charge in [0.2, 0.25) is 0 Å². The molecule has 0 rings (SSSR count). The fourth-order valence-corrected chi connectivity index (χ4v) is 1.02. The predicted molar refractivity (Wildman–Crippen MR) is 65.8 cm³/mol. The van der Waals surface area contributed by atoms with Crippen molar-refractivity contribution >= 4 is 11.8 Å². The summed E-state index contributed by atoms with van der Waals surface area (Å²) in [4.78, 5) is 22.4. The molecule has 0 aromatic rings. The Morgan fingerprint density at radius 2 is 1.38 bits per heavy atom. The van der Waals surface area contributed by atoms with Crippen LogP contribution in [0.15, 0.2) is 0 Å². The first-order valence-electron chi connectivity index (χ1n) is 5.08. The first-order valence-corrected chi connectivity index (χ1v) is 5.08. The fraction of sp³-hybridized carbons (Fsp3) is 0.429. The molecular weight excluding hydrogens is 323 g/mol. The Morgan fingerprint density at radius 1 is 1.05 bits per heavy atom. The molecule has 21 heavy (non-hydrogen) atoms. The van der Waals surface area contributed by atoms with Crippen molar-refractivity contribution in [2.45, 2.75) is 27.2 Å². The maximum Gasteiger partial charge on any atom is 0.316 e. The molecule has 0 N–H and O–H groups in total. The number of Topliss-reactive ketones (excluding diaryl/α,β-unsaturated/α-hetero) is 1. The van der Waals surface area contributed by atoms with Crippen molar-refractivity contribution in [3.05, 3.63) is 38.7 Å². The van der Waals surface area contributed by atoms with Crippen LogP contribution in [-0.4, -0.2) is 18.9 Å². The molecule has 0 saturated carbocycles. The van der Waals surface area contributed by atoms with Crippen LogP contribution in [0, 0.1) is 44.6 Å². The average Bonchev–Trinajstić information content (AvgIpc) is 2.49. The van der Waals surface area contributed by atoms with Gasteiger partial charge in [0.1, 0.15) is 11.7 Å². The van der Waals surface area contributed by atoms with Gasteiger partial charge in [-0.25, -0.2) is 0 Å². The molecule has 7 heteroatoms. The summed E-state index contributed by atoms with van der Waals surface area (Å²) in [6.07, 6.45) is 0.400. The largest absolute Gasteiger partial charge is 0.468 e. The Balaban J connectivity index is -0.000000107. The molecule has 1 unspecified atom stereocenters. The van der Waals surface area contributed by atoms with Gasteiger partial charge in [0.05, 0.1) is 7.11 Å². The van der Waals surface area contributed by atoms with Gasteiger partial charge in [-0.3, -0.25) is 9.59 Å². The van der Waals surface area contributed by atoms with Crippen molar-refractivity contribution in [3.63, 3.8) is 0 Å². The second-order valence-electron chi connectivity index (χ2n) is 3.45. The molecule has 4 radical (unpaired) electrons. The topological polar surface area (TPSA) is 103 Å². The number of rotatable bonds is 5. The number of carbonyl (C=O) groups excluding carboxylic acids is 2. The summed E-state index contributed by atoms with van der Waals surface area (Å²) in [5.41, 5.74) is 0. The van der Waals surface area contributed by atoms with Crippen molar-refractivity contribution in [2.75, 3.05) is 7.11 Å². The summed E-state index contributed by atoms with van der Waals surface area (Å²) in [5.74, 6) is 0.517. The quantitative estimate of drug-likeness (QED) is 0.329. The number of ether oxygens (including phenoxy) is 1. The zero-order valence-electron chi connectivity index (χ0n) is 12.3. The first kappa shape index (κ1) is 32.0. The Morgan fingerprint density at radius 3 is 1.57 bits per heavy atom. The van der Waals surface area contributed by atoms with E-state index >= 15 is 0 Å². The molecule has 0 fully saturated rings. The number of hydrogen-bond acceptors (Lipinski definition) is 3. The van der Waals surface area contributed by atoms with Crippen molar-refractivity contribution < 1.29 is 45.1 Å². The maximum atomic E-state index is 11.2. The van der Waals surface area contributed by atoms with Crippen molar-refractivity contribution in [3.8, 4) is 0 Å². The van der Waals surface area contributed by atoms with Crippen LogP contribution in [0.25, 0.3) is 0 Å². The Bertz CT molecular complexity index is 305. The molecular formula is C14H17CoO6. The molecule has 6 nitrogen and oxygen atoms in total. The monoisotopic (exact) mass is 340 g/mol. The minimum atomic E-state index is -0.684. The molecule has 0 aliphatic carbocycles. The molecule has 0 aromatic carbocycles. The van der Waals surface area contributed by atoms with Crippen LogP contribution in [0.4, 0.5) is 0 Å². The summed E-state index contributed by atoms with van der Waals surface area (Å²) >= 11 is 0. The van der Waals surface area contributed by atoms with Crippen molar-refractivity contribution in [1.82, 2.24) is 0 Å². The van der Waals surface area contributed by atoms with Gasteiger partial charge in [0.25, 0.3) is 0 Å². The number of esters is 1. The van der Waals surface area contributed by atoms with E-state index in [1.54, 1.807) is 0 Å². The Labute approximate surface area is 136 Å². The van der Waals surface area contributed by atoms with Gasteiger partial charge in [-0.15, -0.1) is 0 Å². The summed E-state index contributed by atoms with van der Waals surface area (Å²) in [5, 5.41) is 0. The van der Waals surface area contributed by atoms with Gasteiger partial charge >= 0.3 is 39.9 Å². The van der Waals surface area contributed by atoms with E-state index in [9.17, 15) is 9.59 Å². The van der Waals surface area contributed by atoms with E-state index in [0.29, 0.717) is 6.42 Å². The number of methoxy groups -OCH3 is 1. The van der Waals surface area contributed by atoms with Gasteiger partial charge < -0.3 is 4.74 Å². The average molecular weight is 340 g/mol. The zero-order chi connectivity index (χ0) is 17.3. The molecule has 0 heterocycles. The van der Waals surface area contributed by atoms with Gasteiger partial charge in [0, 0.05) is 16.8 Å². The summed E-state index contributed by atoms with van der Waals surface area (Å²) in [6, 6.07) is 0. The third kappa shape index (κ3) is 18.9. The van der Waals surface area contributed by atoms with E-state index in [2.05, 4.69) is 31.6 Å². The van der Waals surface area contributed by atoms with Crippen molar-refractivity contribution in [2.24, 2.45) is 5.92 Å². The van der Waals surface area contributed by atoms with Gasteiger partial charge in [-0.05, 0) is 32.1 Å². The van der Waals surface area contributed by atoms with E-state index in [1.165, 1.54) is 14.0 Å². The second kappa shape index (κ2) is 23.9. The molecule has 0 bridgehead atoms. The van der Waals surface area contributed by atoms with Gasteiger partial charge in [-0.1, -0.05) is 13.8 Å². The van der Waals surface area contributed by atoms with E-state index in [-0.39, 0.29) is 22.6 Å². The van der Waals surface area contributed by atoms with Crippen LogP contribution >= 0.6 is 0 Å². The summed E-state index contributed by atoms with van der Waals surface area (Å²) in [6.45, 7) is 22.4. The van der Waals surface area contributed by atoms with Crippen LogP contribution in [-0.2, 0) is 45.1 Å². The Kier molecular flexibility index (Phi) is 36.4. The minimum absolute atomic E-state index is 0. The normalized spacial score (nSPS) is 9.00. The fourth-order valence-electron chi connectivity index (χ4n) is 1.02. The number of hydrogen-bond donors (Lipinski definition) is 0. The van der Waals surface area contributed by atoms with Crippen molar-refractivity contribution in [1.29, 1.82) is 0 Å². The summed E-state index contributed by atoms with van der Waals surface area (Å²) < 4.78 is 27.1. The molecule has 1 atom stereocenters. The van der Waals surface area contributed by atoms with Crippen LogP contribution in [0.3, 0.4) is 0 Å². The molecule has 0 aliphatic rings. The van der Waals surface area contributed by atoms with Crippen LogP contribution < -0.4 is 0 Å². The van der Waals surface area contributed by atoms with Crippen LogP contribution in [0.5, 0.6) is 0 Å². The van der Waals surface area contributed by atoms with E-state index < -0.39 is 11.9 Å². The number of ketones is 1. The third-order valence-electron chi connectivity index (χ3n) is 2.22. The molecule has 0 spiro atoms. The first-order chi connectivity index (χ1) is 9.40. The van der Waals surface area contributed by atoms with E-state index in [1.807, 2.05) is 13.8 Å².